The summed E-state index contributed by atoms with van der Waals surface area (Å²) in [5.74, 6) is 0.637. The minimum atomic E-state index is -0.207. The van der Waals surface area contributed by atoms with Gasteiger partial charge >= 0.3 is 5.97 Å². The zero-order valence-electron chi connectivity index (χ0n) is 14.2. The lowest BCUT2D eigenvalue weighted by atomic mass is 10.1. The number of benzene rings is 2. The van der Waals surface area contributed by atoms with Crippen LogP contribution in [0.5, 0.6) is 0 Å². The maximum absolute atomic E-state index is 12.3. The van der Waals surface area contributed by atoms with Crippen LogP contribution in [-0.2, 0) is 15.3 Å². The zero-order valence-corrected chi connectivity index (χ0v) is 15.7. The molecule has 25 heavy (non-hydrogen) atoms. The van der Waals surface area contributed by atoms with Gasteiger partial charge in [0.25, 0.3) is 5.91 Å². The second-order valence-electron chi connectivity index (χ2n) is 5.41. The summed E-state index contributed by atoms with van der Waals surface area (Å²) in [5.41, 5.74) is 3.24. The number of thioether (sulfide) groups is 1. The van der Waals surface area contributed by atoms with Crippen molar-refractivity contribution in [3.8, 4) is 0 Å². The molecule has 0 aliphatic heterocycles. The molecule has 0 bridgehead atoms. The third kappa shape index (κ3) is 6.11. The van der Waals surface area contributed by atoms with Crippen LogP contribution in [0.2, 0.25) is 5.02 Å². The van der Waals surface area contributed by atoms with Gasteiger partial charge in [-0.2, -0.15) is 0 Å². The molecule has 0 aliphatic carbocycles. The van der Waals surface area contributed by atoms with Crippen LogP contribution in [0.1, 0.15) is 28.4 Å². The highest BCUT2D eigenvalue weighted by atomic mass is 35.5. The number of carbonyl (C=O) groups is 2. The second kappa shape index (κ2) is 9.49. The van der Waals surface area contributed by atoms with Crippen molar-refractivity contribution in [2.24, 2.45) is 0 Å². The average molecular weight is 378 g/mol. The molecule has 0 aliphatic rings. The lowest BCUT2D eigenvalue weighted by Crippen LogP contribution is -2.12. The Morgan fingerprint density at radius 1 is 1.16 bits per heavy atom. The van der Waals surface area contributed by atoms with E-state index >= 15 is 0 Å². The van der Waals surface area contributed by atoms with Crippen molar-refractivity contribution in [3.63, 3.8) is 0 Å². The molecule has 1 amide bonds. The Morgan fingerprint density at radius 3 is 2.52 bits per heavy atom. The number of nitrogens with one attached hydrogen (secondary N) is 1. The van der Waals surface area contributed by atoms with Crippen molar-refractivity contribution in [2.75, 3.05) is 17.7 Å². The fourth-order valence-corrected chi connectivity index (χ4v) is 3.03. The van der Waals surface area contributed by atoms with Crippen LogP contribution >= 0.6 is 23.4 Å². The van der Waals surface area contributed by atoms with Crippen LogP contribution in [-0.4, -0.2) is 24.2 Å². The highest BCUT2D eigenvalue weighted by Gasteiger charge is 2.08. The molecule has 0 unspecified atom stereocenters. The van der Waals surface area contributed by atoms with Gasteiger partial charge in [-0.05, 0) is 55.3 Å². The van der Waals surface area contributed by atoms with Crippen LogP contribution in [0.4, 0.5) is 5.69 Å². The molecule has 0 heterocycles. The van der Waals surface area contributed by atoms with Gasteiger partial charge in [-0.3, -0.25) is 9.59 Å². The van der Waals surface area contributed by atoms with Crippen molar-refractivity contribution in [1.29, 1.82) is 0 Å². The van der Waals surface area contributed by atoms with E-state index in [1.807, 2.05) is 25.1 Å². The molecule has 6 heteroatoms. The molecule has 0 atom stereocenters. The van der Waals surface area contributed by atoms with Gasteiger partial charge in [0.15, 0.2) is 0 Å². The zero-order chi connectivity index (χ0) is 18.2. The summed E-state index contributed by atoms with van der Waals surface area (Å²) in [5, 5.41) is 3.52. The fourth-order valence-electron chi connectivity index (χ4n) is 2.13. The number of hydrogen-bond donors (Lipinski definition) is 1. The van der Waals surface area contributed by atoms with E-state index in [9.17, 15) is 9.59 Å². The van der Waals surface area contributed by atoms with Crippen LogP contribution in [0.3, 0.4) is 0 Å². The van der Waals surface area contributed by atoms with E-state index in [1.165, 1.54) is 11.8 Å². The number of esters is 1. The van der Waals surface area contributed by atoms with E-state index in [4.69, 9.17) is 16.3 Å². The molecule has 2 aromatic rings. The lowest BCUT2D eigenvalue weighted by molar-refractivity contribution is -0.139. The summed E-state index contributed by atoms with van der Waals surface area (Å²) < 4.78 is 4.88. The van der Waals surface area contributed by atoms with E-state index < -0.39 is 0 Å². The summed E-state index contributed by atoms with van der Waals surface area (Å²) in [4.78, 5) is 23.6. The first-order chi connectivity index (χ1) is 12.0. The van der Waals surface area contributed by atoms with Gasteiger partial charge in [0.05, 0.1) is 12.4 Å². The third-order valence-corrected chi connectivity index (χ3v) is 4.83. The Morgan fingerprint density at radius 2 is 1.88 bits per heavy atom. The minimum Gasteiger partial charge on any atom is -0.465 e. The first-order valence-electron chi connectivity index (χ1n) is 7.89. The minimum absolute atomic E-state index is 0.174. The van der Waals surface area contributed by atoms with E-state index in [0.29, 0.717) is 34.4 Å². The molecule has 2 aromatic carbocycles. The van der Waals surface area contributed by atoms with E-state index in [-0.39, 0.29) is 11.9 Å². The Bertz CT molecular complexity index is 747. The lowest BCUT2D eigenvalue weighted by Gasteiger charge is -2.08. The van der Waals surface area contributed by atoms with Crippen molar-refractivity contribution in [2.45, 2.75) is 19.6 Å². The van der Waals surface area contributed by atoms with E-state index in [0.717, 1.165) is 11.1 Å². The topological polar surface area (TPSA) is 55.4 Å². The summed E-state index contributed by atoms with van der Waals surface area (Å²) in [6, 6.07) is 12.7. The maximum atomic E-state index is 12.3. The second-order valence-corrected chi connectivity index (χ2v) is 6.81. The molecule has 1 N–H and O–H groups in total. The summed E-state index contributed by atoms with van der Waals surface area (Å²) in [7, 11) is 0. The van der Waals surface area contributed by atoms with Crippen molar-refractivity contribution < 1.29 is 14.3 Å². The standard InChI is InChI=1S/C19H20ClNO3S/c1-3-24-18(22)12-25-11-14-4-6-15(7-5-14)19(23)21-16-8-9-17(20)13(2)10-16/h4-10H,3,11-12H2,1-2H3,(H,21,23). The summed E-state index contributed by atoms with van der Waals surface area (Å²) >= 11 is 7.47. The van der Waals surface area contributed by atoms with E-state index in [2.05, 4.69) is 5.32 Å². The van der Waals surface area contributed by atoms with Crippen LogP contribution in [0, 0.1) is 6.92 Å². The molecule has 0 fully saturated rings. The number of hydrogen-bond acceptors (Lipinski definition) is 4. The molecule has 0 radical (unpaired) electrons. The van der Waals surface area contributed by atoms with Gasteiger partial charge in [0.1, 0.15) is 0 Å². The number of carbonyl (C=O) groups excluding carboxylic acids is 2. The molecule has 2 rings (SSSR count). The quantitative estimate of drug-likeness (QED) is 0.711. The molecule has 4 nitrogen and oxygen atoms in total. The molecule has 0 saturated heterocycles. The number of ether oxygens (including phenoxy) is 1. The number of aryl methyl sites for hydroxylation is 1. The largest absolute Gasteiger partial charge is 0.465 e. The highest BCUT2D eigenvalue weighted by Crippen LogP contribution is 2.20. The van der Waals surface area contributed by atoms with Crippen molar-refractivity contribution in [1.82, 2.24) is 0 Å². The number of anilines is 1. The highest BCUT2D eigenvalue weighted by molar-refractivity contribution is 7.99. The van der Waals surface area contributed by atoms with Crippen LogP contribution in [0.15, 0.2) is 42.5 Å². The molecule has 132 valence electrons. The normalized spacial score (nSPS) is 10.4. The molecular weight excluding hydrogens is 358 g/mol. The smallest absolute Gasteiger partial charge is 0.315 e. The Labute approximate surface area is 156 Å². The molecule has 0 saturated carbocycles. The summed E-state index contributed by atoms with van der Waals surface area (Å²) in [6.45, 7) is 4.08. The third-order valence-electron chi connectivity index (χ3n) is 3.43. The summed E-state index contributed by atoms with van der Waals surface area (Å²) in [6.07, 6.45) is 0. The van der Waals surface area contributed by atoms with Gasteiger partial charge in [-0.15, -0.1) is 11.8 Å². The predicted octanol–water partition coefficient (Wildman–Crippen LogP) is 4.70. The van der Waals surface area contributed by atoms with Gasteiger partial charge in [-0.1, -0.05) is 23.7 Å². The average Bonchev–Trinajstić information content (AvgIpc) is 2.59. The Kier molecular flexibility index (Phi) is 7.34. The Hall–Kier alpha value is -1.98. The van der Waals surface area contributed by atoms with Crippen molar-refractivity contribution >= 4 is 40.9 Å². The Balaban J connectivity index is 1.89. The number of rotatable bonds is 7. The maximum Gasteiger partial charge on any atom is 0.315 e. The van der Waals surface area contributed by atoms with Crippen LogP contribution in [0.25, 0.3) is 0 Å². The fraction of sp³-hybridized carbons (Fsp3) is 0.263. The molecule has 0 spiro atoms. The van der Waals surface area contributed by atoms with Gasteiger partial charge < -0.3 is 10.1 Å². The number of amides is 1. The van der Waals surface area contributed by atoms with Gasteiger partial charge in [0, 0.05) is 22.0 Å². The first-order valence-corrected chi connectivity index (χ1v) is 9.42. The monoisotopic (exact) mass is 377 g/mol. The molecular formula is C19H20ClNO3S. The number of halogens is 1. The van der Waals surface area contributed by atoms with Gasteiger partial charge in [0.2, 0.25) is 0 Å². The SMILES string of the molecule is CCOC(=O)CSCc1ccc(C(=O)Nc2ccc(Cl)c(C)c2)cc1. The molecule has 0 aromatic heterocycles. The van der Waals surface area contributed by atoms with Crippen molar-refractivity contribution in [3.05, 3.63) is 64.2 Å². The van der Waals surface area contributed by atoms with E-state index in [1.54, 1.807) is 31.2 Å². The van der Waals surface area contributed by atoms with Crippen LogP contribution < -0.4 is 5.32 Å². The van der Waals surface area contributed by atoms with Gasteiger partial charge in [-0.25, -0.2) is 0 Å². The predicted molar refractivity (Wildman–Crippen MR) is 103 cm³/mol. The first kappa shape index (κ1) is 19.3.